The largest absolute Gasteiger partial charge is 0.405 e. The van der Waals surface area contributed by atoms with E-state index in [-0.39, 0.29) is 17.2 Å². The SMILES string of the molecule is CC1(C)O[C@@H](/C=C/CI)[C@H](CO[Si](c2ccccc2)(c2ccccc2)C(C)(C)C)O1. The van der Waals surface area contributed by atoms with Gasteiger partial charge in [-0.15, -0.1) is 0 Å². The molecule has 0 unspecified atom stereocenters. The Morgan fingerprint density at radius 1 is 0.967 bits per heavy atom. The van der Waals surface area contributed by atoms with Gasteiger partial charge in [0, 0.05) is 4.43 Å². The molecule has 0 aromatic heterocycles. The van der Waals surface area contributed by atoms with E-state index < -0.39 is 14.1 Å². The lowest BCUT2D eigenvalue weighted by Gasteiger charge is -2.43. The Bertz CT molecular complexity index is 791. The summed E-state index contributed by atoms with van der Waals surface area (Å²) in [4.78, 5) is 0. The summed E-state index contributed by atoms with van der Waals surface area (Å²) in [6.07, 6.45) is 4.00. The summed E-state index contributed by atoms with van der Waals surface area (Å²) in [5.41, 5.74) is 0. The second-order valence-electron chi connectivity index (χ2n) is 9.20. The highest BCUT2D eigenvalue weighted by atomic mass is 127. The minimum atomic E-state index is -2.59. The molecule has 3 nitrogen and oxygen atoms in total. The Labute approximate surface area is 196 Å². The van der Waals surface area contributed by atoms with Crippen LogP contribution in [0.15, 0.2) is 72.8 Å². The van der Waals surface area contributed by atoms with Crippen LogP contribution in [0.25, 0.3) is 0 Å². The molecule has 1 heterocycles. The molecule has 0 saturated carbocycles. The molecule has 30 heavy (non-hydrogen) atoms. The van der Waals surface area contributed by atoms with Gasteiger partial charge in [-0.1, -0.05) is 116 Å². The lowest BCUT2D eigenvalue weighted by molar-refractivity contribution is -0.145. The highest BCUT2D eigenvalue weighted by Crippen LogP contribution is 2.38. The molecule has 2 aromatic carbocycles. The number of hydrogen-bond donors (Lipinski definition) is 0. The van der Waals surface area contributed by atoms with Gasteiger partial charge in [-0.3, -0.25) is 0 Å². The van der Waals surface area contributed by atoms with E-state index in [1.54, 1.807) is 0 Å². The van der Waals surface area contributed by atoms with Crippen molar-refractivity contribution in [1.29, 1.82) is 0 Å². The number of rotatable bonds is 7. The smallest absolute Gasteiger partial charge is 0.261 e. The van der Waals surface area contributed by atoms with Crippen molar-refractivity contribution in [1.82, 2.24) is 0 Å². The zero-order valence-electron chi connectivity index (χ0n) is 18.6. The van der Waals surface area contributed by atoms with Crippen LogP contribution in [0.4, 0.5) is 0 Å². The van der Waals surface area contributed by atoms with E-state index in [0.29, 0.717) is 6.61 Å². The first kappa shape index (κ1) is 23.7. The molecule has 3 rings (SSSR count). The number of halogens is 1. The van der Waals surface area contributed by atoms with Crippen LogP contribution in [0.5, 0.6) is 0 Å². The van der Waals surface area contributed by atoms with Crippen LogP contribution in [0.1, 0.15) is 34.6 Å². The van der Waals surface area contributed by atoms with Crippen molar-refractivity contribution < 1.29 is 13.9 Å². The summed E-state index contributed by atoms with van der Waals surface area (Å²) in [6, 6.07) is 21.4. The fourth-order valence-corrected chi connectivity index (χ4v) is 9.17. The Morgan fingerprint density at radius 2 is 1.50 bits per heavy atom. The monoisotopic (exact) mass is 536 g/mol. The van der Waals surface area contributed by atoms with Crippen molar-refractivity contribution in [2.24, 2.45) is 0 Å². The van der Waals surface area contributed by atoms with Gasteiger partial charge >= 0.3 is 0 Å². The van der Waals surface area contributed by atoms with Crippen molar-refractivity contribution in [3.8, 4) is 0 Å². The Kier molecular flexibility index (Phi) is 7.61. The van der Waals surface area contributed by atoms with Gasteiger partial charge in [0.2, 0.25) is 0 Å². The number of hydrogen-bond acceptors (Lipinski definition) is 3. The predicted molar refractivity (Wildman–Crippen MR) is 135 cm³/mol. The Hall–Kier alpha value is -0.993. The van der Waals surface area contributed by atoms with E-state index >= 15 is 0 Å². The third-order valence-corrected chi connectivity index (χ3v) is 11.0. The summed E-state index contributed by atoms with van der Waals surface area (Å²) >= 11 is 2.34. The number of ether oxygens (including phenoxy) is 2. The fraction of sp³-hybridized carbons (Fsp3) is 0.440. The number of allylic oxidation sites excluding steroid dienone is 1. The maximum Gasteiger partial charge on any atom is 0.261 e. The molecule has 0 aliphatic carbocycles. The topological polar surface area (TPSA) is 27.7 Å². The first-order valence-electron chi connectivity index (χ1n) is 10.5. The van der Waals surface area contributed by atoms with E-state index in [4.69, 9.17) is 13.9 Å². The molecule has 0 bridgehead atoms. The number of alkyl halides is 1. The standard InChI is InChI=1S/C25H33IO3Si/c1-24(2,3)30(20-13-8-6-9-14-20,21-15-10-7-11-16-21)27-19-23-22(17-12-18-26)28-25(4,5)29-23/h6-17,22-23H,18-19H2,1-5H3/b17-12+/t22-,23-/m0/s1. The Balaban J connectivity index is 2.00. The van der Waals surface area contributed by atoms with Crippen LogP contribution >= 0.6 is 22.6 Å². The van der Waals surface area contributed by atoms with Crippen LogP contribution in [-0.4, -0.2) is 37.3 Å². The second-order valence-corrected chi connectivity index (χ2v) is 14.4. The van der Waals surface area contributed by atoms with Gasteiger partial charge in [0.1, 0.15) is 12.2 Å². The van der Waals surface area contributed by atoms with Gasteiger partial charge in [-0.05, 0) is 29.3 Å². The molecule has 5 heteroatoms. The minimum absolute atomic E-state index is 0.0573. The van der Waals surface area contributed by atoms with Crippen LogP contribution in [0, 0.1) is 0 Å². The van der Waals surface area contributed by atoms with Crippen molar-refractivity contribution in [3.05, 3.63) is 72.8 Å². The molecule has 2 atom stereocenters. The van der Waals surface area contributed by atoms with Crippen molar-refractivity contribution >= 4 is 41.3 Å². The highest BCUT2D eigenvalue weighted by Gasteiger charge is 2.51. The molecule has 2 aromatic rings. The predicted octanol–water partition coefficient (Wildman–Crippen LogP) is 5.07. The van der Waals surface area contributed by atoms with E-state index in [2.05, 4.69) is 116 Å². The minimum Gasteiger partial charge on any atom is -0.405 e. The van der Waals surface area contributed by atoms with E-state index in [0.717, 1.165) is 4.43 Å². The third kappa shape index (κ3) is 5.07. The second kappa shape index (κ2) is 9.65. The third-order valence-electron chi connectivity index (χ3n) is 5.52. The molecule has 1 aliphatic rings. The summed E-state index contributed by atoms with van der Waals surface area (Å²) in [5.74, 6) is -0.611. The highest BCUT2D eigenvalue weighted by molar-refractivity contribution is 14.1. The van der Waals surface area contributed by atoms with Gasteiger partial charge in [-0.25, -0.2) is 0 Å². The Morgan fingerprint density at radius 3 is 1.97 bits per heavy atom. The fourth-order valence-electron chi connectivity index (χ4n) is 4.31. The number of benzene rings is 2. The molecule has 162 valence electrons. The lowest BCUT2D eigenvalue weighted by Crippen LogP contribution is -2.67. The van der Waals surface area contributed by atoms with Crippen LogP contribution in [0.3, 0.4) is 0 Å². The quantitative estimate of drug-likeness (QED) is 0.214. The van der Waals surface area contributed by atoms with Gasteiger partial charge < -0.3 is 13.9 Å². The summed E-state index contributed by atoms with van der Waals surface area (Å²) in [7, 11) is -2.59. The molecule has 0 amide bonds. The molecule has 0 radical (unpaired) electrons. The van der Waals surface area contributed by atoms with Crippen LogP contribution in [0.2, 0.25) is 5.04 Å². The normalized spacial score (nSPS) is 21.9. The van der Waals surface area contributed by atoms with Gasteiger partial charge in [0.15, 0.2) is 5.79 Å². The van der Waals surface area contributed by atoms with E-state index in [9.17, 15) is 0 Å². The molecule has 0 spiro atoms. The zero-order chi connectivity index (χ0) is 21.8. The van der Waals surface area contributed by atoms with Crippen LogP contribution < -0.4 is 10.4 Å². The molecule has 1 saturated heterocycles. The van der Waals surface area contributed by atoms with E-state index in [1.165, 1.54) is 10.4 Å². The first-order valence-corrected chi connectivity index (χ1v) is 14.0. The summed E-state index contributed by atoms with van der Waals surface area (Å²) in [6.45, 7) is 11.3. The molecule has 1 fully saturated rings. The average molecular weight is 537 g/mol. The average Bonchev–Trinajstić information content (AvgIpc) is 3.01. The van der Waals surface area contributed by atoms with Gasteiger partial charge in [-0.2, -0.15) is 0 Å². The maximum absolute atomic E-state index is 7.05. The molecule has 1 aliphatic heterocycles. The van der Waals surface area contributed by atoms with E-state index in [1.807, 2.05) is 13.8 Å². The van der Waals surface area contributed by atoms with Gasteiger partial charge in [0.05, 0.1) is 6.61 Å². The van der Waals surface area contributed by atoms with Crippen molar-refractivity contribution in [3.63, 3.8) is 0 Å². The molecular weight excluding hydrogens is 503 g/mol. The lowest BCUT2D eigenvalue weighted by atomic mass is 10.2. The summed E-state index contributed by atoms with van der Waals surface area (Å²) < 4.78 is 20.4. The van der Waals surface area contributed by atoms with Gasteiger partial charge in [0.25, 0.3) is 8.32 Å². The first-order chi connectivity index (χ1) is 14.2. The van der Waals surface area contributed by atoms with Crippen LogP contribution in [-0.2, 0) is 13.9 Å². The maximum atomic E-state index is 7.05. The molecular formula is C25H33IO3Si. The molecule has 0 N–H and O–H groups in total. The van der Waals surface area contributed by atoms with Crippen molar-refractivity contribution in [2.75, 3.05) is 11.0 Å². The summed E-state index contributed by atoms with van der Waals surface area (Å²) in [5, 5.41) is 2.50. The van der Waals surface area contributed by atoms with Crippen molar-refractivity contribution in [2.45, 2.75) is 57.7 Å². The zero-order valence-corrected chi connectivity index (χ0v) is 21.8.